The van der Waals surface area contributed by atoms with Crippen LogP contribution in [0.1, 0.15) is 145 Å². The lowest BCUT2D eigenvalue weighted by Crippen LogP contribution is -2.43. The number of aromatic nitrogens is 9. The lowest BCUT2D eigenvalue weighted by atomic mass is 9.84. The highest BCUT2D eigenvalue weighted by atomic mass is 79.9. The van der Waals surface area contributed by atoms with Crippen molar-refractivity contribution in [2.45, 2.75) is 152 Å². The molecule has 6 saturated carbocycles. The number of hydrogen-bond donors (Lipinski definition) is 2. The number of nitrogens with zero attached hydrogens (tertiary/aromatic N) is 8. The number of halogens is 4. The molecule has 6 aromatic carbocycles. The third-order valence-electron chi connectivity index (χ3n) is 17.1. The van der Waals surface area contributed by atoms with Gasteiger partial charge in [0.15, 0.2) is 10.3 Å². The van der Waals surface area contributed by atoms with E-state index in [1.165, 1.54) is 106 Å². The molecule has 446 valence electrons. The van der Waals surface area contributed by atoms with Crippen LogP contribution in [0.3, 0.4) is 0 Å². The van der Waals surface area contributed by atoms with Crippen molar-refractivity contribution in [1.82, 2.24) is 44.3 Å². The first-order valence-corrected chi connectivity index (χ1v) is 34.6. The summed E-state index contributed by atoms with van der Waals surface area (Å²) in [4.78, 5) is 35.5. The molecule has 0 unspecified atom stereocenters. The largest absolute Gasteiger partial charge is 0.480 e. The highest BCUT2D eigenvalue weighted by Crippen LogP contribution is 2.52. The molecule has 22 heteroatoms. The third kappa shape index (κ3) is 12.3. The van der Waals surface area contributed by atoms with Crippen LogP contribution < -0.4 is 0 Å². The Morgan fingerprint density at radius 1 is 0.535 bits per heavy atom. The molecule has 0 radical (unpaired) electrons. The number of rotatable bonds is 15. The number of ether oxygens (including phenoxy) is 2. The van der Waals surface area contributed by atoms with Gasteiger partial charge in [-0.1, -0.05) is 130 Å². The van der Waals surface area contributed by atoms with Crippen LogP contribution in [-0.2, 0) is 23.9 Å². The molecular weight excluding hydrogens is 1410 g/mol. The highest BCUT2D eigenvalue weighted by molar-refractivity contribution is 9.11. The van der Waals surface area contributed by atoms with Gasteiger partial charge in [0.1, 0.15) is 13.8 Å². The molecule has 0 spiro atoms. The molecule has 0 aliphatic heterocycles. The Morgan fingerprint density at radius 3 is 1.23 bits per heavy atom. The molecule has 3 heterocycles. The Kier molecular flexibility index (Phi) is 18.2. The maximum absolute atomic E-state index is 12.6. The minimum Gasteiger partial charge on any atom is -0.480 e. The van der Waals surface area contributed by atoms with Gasteiger partial charge in [0.25, 0.3) is 0 Å². The molecule has 0 atom stereocenters. The molecule has 9 aromatic rings. The summed E-state index contributed by atoms with van der Waals surface area (Å²) < 4.78 is 17.0. The van der Waals surface area contributed by atoms with Gasteiger partial charge < -0.3 is 14.6 Å². The van der Waals surface area contributed by atoms with E-state index in [1.807, 2.05) is 33.6 Å². The van der Waals surface area contributed by atoms with Gasteiger partial charge in [0, 0.05) is 16.2 Å². The van der Waals surface area contributed by atoms with Gasteiger partial charge in [0.05, 0.1) is 30.3 Å². The number of carbonyl (C=O) groups excluding carboxylic acids is 2. The second-order valence-corrected chi connectivity index (χ2v) is 29.5. The summed E-state index contributed by atoms with van der Waals surface area (Å²) >= 11 is 22.0. The average Bonchev–Trinajstić information content (AvgIpc) is 2.23. The molecule has 86 heavy (non-hydrogen) atoms. The fraction of sp³-hybridized carbons (Fsp3) is 0.391. The predicted molar refractivity (Wildman–Crippen MR) is 354 cm³/mol. The van der Waals surface area contributed by atoms with E-state index in [2.05, 4.69) is 197 Å². The first-order valence-electron chi connectivity index (χ1n) is 29.4. The molecule has 0 saturated heterocycles. The minimum atomic E-state index is -0.784. The number of alkyl halides is 1. The van der Waals surface area contributed by atoms with Gasteiger partial charge in [-0.3, -0.25) is 33.2 Å². The van der Waals surface area contributed by atoms with Crippen LogP contribution in [0.5, 0.6) is 0 Å². The number of aliphatic carboxylic acids is 1. The highest BCUT2D eigenvalue weighted by Gasteiger charge is 2.49. The van der Waals surface area contributed by atoms with Crippen LogP contribution in [0.2, 0.25) is 0 Å². The van der Waals surface area contributed by atoms with E-state index in [4.69, 9.17) is 21.7 Å². The smallest absolute Gasteiger partial charge is 0.322 e. The summed E-state index contributed by atoms with van der Waals surface area (Å²) in [5.74, 6) is 1.06. The number of thioether (sulfide) groups is 2. The van der Waals surface area contributed by atoms with Crippen LogP contribution in [0, 0.1) is 4.77 Å². The number of aromatic amines is 1. The van der Waals surface area contributed by atoms with Crippen molar-refractivity contribution in [3.05, 3.63) is 145 Å². The Hall–Kier alpha value is -5.23. The number of hydrogen-bond acceptors (Lipinski definition) is 13. The Bertz CT molecular complexity index is 4110. The zero-order valence-electron chi connectivity index (χ0n) is 47.4. The van der Waals surface area contributed by atoms with Gasteiger partial charge >= 0.3 is 17.9 Å². The van der Waals surface area contributed by atoms with E-state index < -0.39 is 15.5 Å². The van der Waals surface area contributed by atoms with E-state index in [0.717, 1.165) is 73.3 Å². The van der Waals surface area contributed by atoms with E-state index in [9.17, 15) is 19.5 Å². The van der Waals surface area contributed by atoms with Gasteiger partial charge in [-0.15, -0.1) is 25.5 Å². The van der Waals surface area contributed by atoms with Gasteiger partial charge in [0.2, 0.25) is 19.0 Å². The lowest BCUT2D eigenvalue weighted by Gasteiger charge is -2.37. The quantitative estimate of drug-likeness (QED) is 0.0561. The lowest BCUT2D eigenvalue weighted by molar-refractivity contribution is -0.149. The Labute approximate surface area is 545 Å². The summed E-state index contributed by atoms with van der Waals surface area (Å²) in [5.41, 5.74) is 7.35. The normalized spacial score (nSPS) is 17.7. The molecule has 6 aliphatic carbocycles. The van der Waals surface area contributed by atoms with E-state index in [-0.39, 0.29) is 16.3 Å². The van der Waals surface area contributed by atoms with Crippen molar-refractivity contribution >= 4 is 150 Å². The van der Waals surface area contributed by atoms with Crippen LogP contribution in [0.25, 0.3) is 49.4 Å². The number of nitrogens with one attached hydrogen (secondary N) is 1. The molecule has 15 nitrogen and oxygen atoms in total. The first kappa shape index (κ1) is 61.0. The van der Waals surface area contributed by atoms with Crippen molar-refractivity contribution in [2.24, 2.45) is 0 Å². The summed E-state index contributed by atoms with van der Waals surface area (Å²) in [5, 5.41) is 42.5. The summed E-state index contributed by atoms with van der Waals surface area (Å²) in [6.45, 7) is 4.55. The fourth-order valence-electron chi connectivity index (χ4n) is 11.6. The molecule has 15 rings (SSSR count). The molecule has 6 aliphatic rings. The first-order chi connectivity index (χ1) is 41.7. The third-order valence-corrected chi connectivity index (χ3v) is 22.9. The standard InChI is InChI=1S/C22H22BrN3O2S.C20H18BrN3O2S.C15H12BrN3S.C7H11BrO2/c1-2-28-19(27)22(12-5-13-22)29-21-25-24-20(23)26(21)18-11-10-15(14-8-9-14)16-6-3-4-7-17(16)18;21-18-22-23-19(27-20(17(25)26)10-3-11-20)24(18)16-9-8-13(12-6-7-12)14-4-1-2-5-15(14)16;16-14-17-18-15(20)19(14)13-8-7-10(9-5-6-9)11-3-1-2-4-12(11)13;1-2-10-6(9)7(8)4-3-5-7/h3-4,6-7,10-11,14H,2,5,8-9,12-13H2,1H3;1-2,4-5,8-9,12H,3,6-7,10-11H2,(H,25,26);1-4,7-9H,5-6H2,(H,18,20);2-5H2,1H3. The summed E-state index contributed by atoms with van der Waals surface area (Å²) in [6.07, 6.45) is 15.5. The minimum absolute atomic E-state index is 0.0961. The number of H-pyrrole nitrogens is 1. The number of esters is 2. The Balaban J connectivity index is 0.000000118. The molecule has 3 aromatic heterocycles. The van der Waals surface area contributed by atoms with Gasteiger partial charge in [-0.25, -0.2) is 0 Å². The number of carbonyl (C=O) groups is 3. The number of carboxylic acids is 1. The summed E-state index contributed by atoms with van der Waals surface area (Å²) in [7, 11) is 0. The fourth-order valence-corrected chi connectivity index (χ4v) is 16.8. The van der Waals surface area contributed by atoms with Crippen molar-refractivity contribution in [1.29, 1.82) is 0 Å². The zero-order chi connectivity index (χ0) is 59.9. The molecule has 2 N–H and O–H groups in total. The second kappa shape index (κ2) is 25.7. The van der Waals surface area contributed by atoms with Crippen LogP contribution in [0.15, 0.2) is 134 Å². The maximum Gasteiger partial charge on any atom is 0.322 e. The van der Waals surface area contributed by atoms with Crippen molar-refractivity contribution in [3.8, 4) is 17.1 Å². The number of fused-ring (bicyclic) bond motifs is 3. The monoisotopic (exact) mass is 1470 g/mol. The topological polar surface area (TPSA) is 185 Å². The van der Waals surface area contributed by atoms with E-state index in [0.29, 0.717) is 67.2 Å². The summed E-state index contributed by atoms with van der Waals surface area (Å²) in [6, 6.07) is 38.5. The van der Waals surface area contributed by atoms with E-state index >= 15 is 0 Å². The molecule has 0 bridgehead atoms. The Morgan fingerprint density at radius 2 is 0.907 bits per heavy atom. The van der Waals surface area contributed by atoms with Crippen LogP contribution in [0.4, 0.5) is 0 Å². The molecular formula is C64H63Br4N9O6S3. The maximum atomic E-state index is 12.6. The van der Waals surface area contributed by atoms with Crippen LogP contribution in [-0.4, -0.2) is 94.3 Å². The van der Waals surface area contributed by atoms with E-state index in [1.54, 1.807) is 0 Å². The van der Waals surface area contributed by atoms with Crippen molar-refractivity contribution in [3.63, 3.8) is 0 Å². The van der Waals surface area contributed by atoms with Gasteiger partial charge in [-0.05, 0) is 239 Å². The number of benzene rings is 6. The SMILES string of the molecule is CCOC(=O)C1(Br)CCC1.CCOC(=O)C1(Sc2nnc(Br)n2-c2ccc(C3CC3)c3ccccc23)CCC1.O=C(O)C1(Sc2nnc(Br)n2-c2ccc(C3CC3)c3ccccc23)CCC1.S=c1[nH]nc(Br)n1-c1ccc(C2CC2)c2ccccc12. The van der Waals surface area contributed by atoms with Crippen molar-refractivity contribution in [2.75, 3.05) is 13.2 Å². The van der Waals surface area contributed by atoms with Crippen LogP contribution >= 0.6 is 99.5 Å². The van der Waals surface area contributed by atoms with Gasteiger partial charge in [-0.2, -0.15) is 0 Å². The molecule has 0 amide bonds. The zero-order valence-corrected chi connectivity index (χ0v) is 56.2. The van der Waals surface area contributed by atoms with Crippen molar-refractivity contribution < 1.29 is 29.0 Å². The second-order valence-electron chi connectivity index (χ2n) is 22.8. The predicted octanol–water partition coefficient (Wildman–Crippen LogP) is 17.4. The molecule has 6 fully saturated rings. The number of carboxylic acid groups (broad SMARTS) is 1. The average molecular weight is 1470 g/mol.